The standard InChI is InChI=1S/C15H14ClNO4S/c1-8-10-6-9(16)2-3-11(10)21-12(8)13(18)17-15(14(19)20)4-5-22-7-15/h2-3,6H,4-5,7H2,1H3,(H,17,18)(H,19,20)/t15-/m1/s1. The third-order valence-electron chi connectivity index (χ3n) is 3.89. The van der Waals surface area contributed by atoms with Gasteiger partial charge in [0.25, 0.3) is 5.91 Å². The van der Waals surface area contributed by atoms with Crippen LogP contribution in [0.2, 0.25) is 5.02 Å². The van der Waals surface area contributed by atoms with E-state index in [0.29, 0.717) is 34.1 Å². The fourth-order valence-corrected chi connectivity index (χ4v) is 4.07. The molecule has 2 aromatic rings. The van der Waals surface area contributed by atoms with E-state index in [2.05, 4.69) is 5.32 Å². The Labute approximate surface area is 136 Å². The van der Waals surface area contributed by atoms with Crippen LogP contribution >= 0.6 is 23.4 Å². The first kappa shape index (κ1) is 15.2. The number of benzene rings is 1. The zero-order valence-electron chi connectivity index (χ0n) is 11.8. The number of furan rings is 1. The van der Waals surface area contributed by atoms with Gasteiger partial charge < -0.3 is 14.8 Å². The Morgan fingerprint density at radius 1 is 1.45 bits per heavy atom. The number of hydrogen-bond donors (Lipinski definition) is 2. The van der Waals surface area contributed by atoms with Crippen molar-refractivity contribution in [1.82, 2.24) is 5.32 Å². The summed E-state index contributed by atoms with van der Waals surface area (Å²) in [5, 5.41) is 13.4. The number of carboxylic acid groups (broad SMARTS) is 1. The number of halogens is 1. The average Bonchev–Trinajstić information content (AvgIpc) is 3.06. The highest BCUT2D eigenvalue weighted by Gasteiger charge is 2.44. The van der Waals surface area contributed by atoms with Crippen LogP contribution in [-0.4, -0.2) is 34.0 Å². The summed E-state index contributed by atoms with van der Waals surface area (Å²) in [4.78, 5) is 24.0. The number of carbonyl (C=O) groups excluding carboxylic acids is 1. The van der Waals surface area contributed by atoms with Crippen LogP contribution in [0.15, 0.2) is 22.6 Å². The van der Waals surface area contributed by atoms with Crippen LogP contribution in [0.3, 0.4) is 0 Å². The Kier molecular flexibility index (Phi) is 3.82. The molecule has 2 heterocycles. The van der Waals surface area contributed by atoms with Gasteiger partial charge >= 0.3 is 5.97 Å². The lowest BCUT2D eigenvalue weighted by atomic mass is 9.99. The van der Waals surface area contributed by atoms with Gasteiger partial charge in [0.2, 0.25) is 0 Å². The Morgan fingerprint density at radius 2 is 2.23 bits per heavy atom. The van der Waals surface area contributed by atoms with E-state index in [0.717, 1.165) is 5.39 Å². The lowest BCUT2D eigenvalue weighted by Gasteiger charge is -2.24. The van der Waals surface area contributed by atoms with Crippen LogP contribution in [0.5, 0.6) is 0 Å². The summed E-state index contributed by atoms with van der Waals surface area (Å²) in [6.07, 6.45) is 0.407. The number of aryl methyl sites for hydroxylation is 1. The third kappa shape index (κ3) is 2.46. The lowest BCUT2D eigenvalue weighted by molar-refractivity contribution is -0.143. The molecule has 2 N–H and O–H groups in total. The van der Waals surface area contributed by atoms with E-state index in [1.54, 1.807) is 25.1 Å². The maximum Gasteiger partial charge on any atom is 0.330 e. The van der Waals surface area contributed by atoms with Crippen LogP contribution in [0.4, 0.5) is 0 Å². The molecular weight excluding hydrogens is 326 g/mol. The first-order valence-corrected chi connectivity index (χ1v) is 8.28. The van der Waals surface area contributed by atoms with Crippen molar-refractivity contribution < 1.29 is 19.1 Å². The molecular formula is C15H14ClNO4S. The van der Waals surface area contributed by atoms with E-state index in [9.17, 15) is 14.7 Å². The minimum Gasteiger partial charge on any atom is -0.479 e. The Bertz CT molecular complexity index is 764. The van der Waals surface area contributed by atoms with E-state index in [-0.39, 0.29) is 5.76 Å². The molecule has 1 aromatic heterocycles. The van der Waals surface area contributed by atoms with Crippen LogP contribution in [0.1, 0.15) is 22.5 Å². The van der Waals surface area contributed by atoms with Crippen molar-refractivity contribution in [3.63, 3.8) is 0 Å². The summed E-state index contributed by atoms with van der Waals surface area (Å²) >= 11 is 7.47. The zero-order valence-corrected chi connectivity index (χ0v) is 13.4. The largest absolute Gasteiger partial charge is 0.479 e. The Morgan fingerprint density at radius 3 is 2.86 bits per heavy atom. The van der Waals surface area contributed by atoms with Gasteiger partial charge in [-0.2, -0.15) is 11.8 Å². The number of thioether (sulfide) groups is 1. The molecule has 0 radical (unpaired) electrons. The van der Waals surface area contributed by atoms with Gasteiger partial charge in [0.1, 0.15) is 11.1 Å². The SMILES string of the molecule is Cc1c(C(=O)N[C@]2(C(=O)O)CCSC2)oc2ccc(Cl)cc12. The molecule has 1 saturated heterocycles. The first-order chi connectivity index (χ1) is 10.4. The lowest BCUT2D eigenvalue weighted by Crippen LogP contribution is -2.54. The fraction of sp³-hybridized carbons (Fsp3) is 0.333. The van der Waals surface area contributed by atoms with Gasteiger partial charge in [0.15, 0.2) is 5.76 Å². The normalized spacial score (nSPS) is 21.2. The fourth-order valence-electron chi connectivity index (χ4n) is 2.57. The van der Waals surface area contributed by atoms with Crippen LogP contribution in [0.25, 0.3) is 11.0 Å². The molecule has 22 heavy (non-hydrogen) atoms. The molecule has 0 unspecified atom stereocenters. The molecule has 1 aliphatic rings. The van der Waals surface area contributed by atoms with Gasteiger partial charge in [0.05, 0.1) is 0 Å². The van der Waals surface area contributed by atoms with E-state index < -0.39 is 17.4 Å². The highest BCUT2D eigenvalue weighted by Crippen LogP contribution is 2.31. The predicted molar refractivity (Wildman–Crippen MR) is 85.7 cm³/mol. The van der Waals surface area contributed by atoms with Gasteiger partial charge in [-0.3, -0.25) is 4.79 Å². The summed E-state index contributed by atoms with van der Waals surface area (Å²) in [6, 6.07) is 5.10. The number of fused-ring (bicyclic) bond motifs is 1. The van der Waals surface area contributed by atoms with Crippen molar-refractivity contribution in [3.8, 4) is 0 Å². The summed E-state index contributed by atoms with van der Waals surface area (Å²) in [5.74, 6) is -0.312. The molecule has 1 aromatic carbocycles. The molecule has 1 fully saturated rings. The van der Waals surface area contributed by atoms with Crippen molar-refractivity contribution >= 4 is 46.2 Å². The van der Waals surface area contributed by atoms with Crippen molar-refractivity contribution in [1.29, 1.82) is 0 Å². The topological polar surface area (TPSA) is 79.5 Å². The molecule has 116 valence electrons. The maximum absolute atomic E-state index is 12.5. The summed E-state index contributed by atoms with van der Waals surface area (Å²) in [6.45, 7) is 1.76. The predicted octanol–water partition coefficient (Wildman–Crippen LogP) is 3.08. The van der Waals surface area contributed by atoms with Crippen molar-refractivity contribution in [2.24, 2.45) is 0 Å². The number of aliphatic carboxylic acids is 1. The summed E-state index contributed by atoms with van der Waals surface area (Å²) in [5.41, 5.74) is -0.0106. The quantitative estimate of drug-likeness (QED) is 0.898. The van der Waals surface area contributed by atoms with Crippen molar-refractivity contribution in [3.05, 3.63) is 34.5 Å². The molecule has 0 spiro atoms. The number of rotatable bonds is 3. The Hall–Kier alpha value is -1.66. The second kappa shape index (κ2) is 5.52. The van der Waals surface area contributed by atoms with E-state index in [1.807, 2.05) is 0 Å². The summed E-state index contributed by atoms with van der Waals surface area (Å²) < 4.78 is 5.58. The molecule has 0 bridgehead atoms. The molecule has 1 amide bonds. The summed E-state index contributed by atoms with van der Waals surface area (Å²) in [7, 11) is 0. The second-order valence-corrected chi connectivity index (χ2v) is 6.88. The molecule has 5 nitrogen and oxygen atoms in total. The van der Waals surface area contributed by atoms with Gasteiger partial charge in [-0.25, -0.2) is 4.79 Å². The van der Waals surface area contributed by atoms with Gasteiger partial charge in [-0.1, -0.05) is 11.6 Å². The molecule has 1 atom stereocenters. The highest BCUT2D eigenvalue weighted by molar-refractivity contribution is 7.99. The molecule has 0 saturated carbocycles. The first-order valence-electron chi connectivity index (χ1n) is 6.75. The number of nitrogens with one attached hydrogen (secondary N) is 1. The number of carbonyl (C=O) groups is 2. The average molecular weight is 340 g/mol. The van der Waals surface area contributed by atoms with Gasteiger partial charge in [-0.05, 0) is 37.3 Å². The molecule has 7 heteroatoms. The monoisotopic (exact) mass is 339 g/mol. The van der Waals surface area contributed by atoms with Crippen LogP contribution in [-0.2, 0) is 4.79 Å². The van der Waals surface area contributed by atoms with E-state index in [4.69, 9.17) is 16.0 Å². The molecule has 3 rings (SSSR count). The number of hydrogen-bond acceptors (Lipinski definition) is 4. The Balaban J connectivity index is 1.95. The van der Waals surface area contributed by atoms with Gasteiger partial charge in [-0.15, -0.1) is 0 Å². The molecule has 0 aliphatic carbocycles. The highest BCUT2D eigenvalue weighted by atomic mass is 35.5. The minimum atomic E-state index is -1.22. The van der Waals surface area contributed by atoms with Crippen molar-refractivity contribution in [2.75, 3.05) is 11.5 Å². The van der Waals surface area contributed by atoms with Crippen LogP contribution < -0.4 is 5.32 Å². The van der Waals surface area contributed by atoms with Crippen LogP contribution in [0, 0.1) is 6.92 Å². The second-order valence-electron chi connectivity index (χ2n) is 5.34. The maximum atomic E-state index is 12.5. The minimum absolute atomic E-state index is 0.134. The zero-order chi connectivity index (χ0) is 15.9. The molecule has 1 aliphatic heterocycles. The number of carboxylic acids is 1. The number of amides is 1. The van der Waals surface area contributed by atoms with Crippen molar-refractivity contribution in [2.45, 2.75) is 18.9 Å². The smallest absolute Gasteiger partial charge is 0.330 e. The van der Waals surface area contributed by atoms with E-state index >= 15 is 0 Å². The van der Waals surface area contributed by atoms with E-state index in [1.165, 1.54) is 11.8 Å². The third-order valence-corrected chi connectivity index (χ3v) is 5.31. The van der Waals surface area contributed by atoms with Gasteiger partial charge in [0, 0.05) is 21.7 Å².